The Morgan fingerprint density at radius 2 is 2.05 bits per heavy atom. The van der Waals surface area contributed by atoms with Crippen molar-refractivity contribution in [2.24, 2.45) is 0 Å². The summed E-state index contributed by atoms with van der Waals surface area (Å²) in [6.07, 6.45) is 0. The lowest BCUT2D eigenvalue weighted by atomic mass is 10.1. The zero-order valence-electron chi connectivity index (χ0n) is 12.0. The highest BCUT2D eigenvalue weighted by atomic mass is 16.2. The molecular weight excluding hydrogens is 238 g/mol. The third-order valence-electron chi connectivity index (χ3n) is 3.78. The second-order valence-electron chi connectivity index (χ2n) is 5.20. The number of aryl methyl sites for hydroxylation is 1. The van der Waals surface area contributed by atoms with Crippen molar-refractivity contribution in [3.63, 3.8) is 0 Å². The van der Waals surface area contributed by atoms with E-state index in [1.807, 2.05) is 45.2 Å². The fraction of sp³-hybridized carbons (Fsp3) is 0.533. The van der Waals surface area contributed by atoms with Crippen LogP contribution in [-0.4, -0.2) is 50.1 Å². The normalized spacial score (nSPS) is 18.1. The number of benzene rings is 1. The predicted molar refractivity (Wildman–Crippen MR) is 78.5 cm³/mol. The number of nitrogens with zero attached hydrogens (tertiary/aromatic N) is 2. The summed E-state index contributed by atoms with van der Waals surface area (Å²) in [4.78, 5) is 16.5. The monoisotopic (exact) mass is 261 g/mol. The Morgan fingerprint density at radius 1 is 1.37 bits per heavy atom. The van der Waals surface area contributed by atoms with E-state index >= 15 is 0 Å². The molecule has 0 aromatic heterocycles. The number of nitrogens with one attached hydrogen (secondary N) is 1. The first-order chi connectivity index (χ1) is 9.09. The molecule has 0 spiro atoms. The van der Waals surface area contributed by atoms with Gasteiger partial charge >= 0.3 is 0 Å². The SMILES string of the molecule is Cc1cccc(N(C)C(=O)C(C)N2CCNCC2)c1. The Morgan fingerprint density at radius 3 is 2.68 bits per heavy atom. The fourth-order valence-electron chi connectivity index (χ4n) is 2.47. The van der Waals surface area contributed by atoms with Gasteiger partial charge < -0.3 is 10.2 Å². The highest BCUT2D eigenvalue weighted by molar-refractivity contribution is 5.96. The number of anilines is 1. The van der Waals surface area contributed by atoms with E-state index in [-0.39, 0.29) is 11.9 Å². The van der Waals surface area contributed by atoms with E-state index in [0.29, 0.717) is 0 Å². The molecule has 1 aliphatic heterocycles. The number of likely N-dealkylation sites (N-methyl/N-ethyl adjacent to an activating group) is 1. The molecule has 1 aromatic carbocycles. The van der Waals surface area contributed by atoms with Crippen LogP contribution in [0.2, 0.25) is 0 Å². The first-order valence-corrected chi connectivity index (χ1v) is 6.88. The van der Waals surface area contributed by atoms with Gasteiger partial charge in [0.25, 0.3) is 0 Å². The lowest BCUT2D eigenvalue weighted by Crippen LogP contribution is -2.53. The molecule has 0 saturated carbocycles. The minimum Gasteiger partial charge on any atom is -0.314 e. The summed E-state index contributed by atoms with van der Waals surface area (Å²) >= 11 is 0. The Bertz CT molecular complexity index is 441. The van der Waals surface area contributed by atoms with Crippen LogP contribution in [0.1, 0.15) is 12.5 Å². The molecule has 104 valence electrons. The molecule has 1 heterocycles. The van der Waals surface area contributed by atoms with Crippen molar-refractivity contribution in [3.8, 4) is 0 Å². The van der Waals surface area contributed by atoms with Crippen LogP contribution in [0.5, 0.6) is 0 Å². The van der Waals surface area contributed by atoms with Crippen molar-refractivity contribution in [2.75, 3.05) is 38.1 Å². The number of rotatable bonds is 3. The molecule has 1 saturated heterocycles. The smallest absolute Gasteiger partial charge is 0.243 e. The van der Waals surface area contributed by atoms with Gasteiger partial charge in [-0.05, 0) is 31.5 Å². The van der Waals surface area contributed by atoms with E-state index in [2.05, 4.69) is 10.2 Å². The molecule has 1 unspecified atom stereocenters. The highest BCUT2D eigenvalue weighted by Gasteiger charge is 2.25. The zero-order chi connectivity index (χ0) is 13.8. The standard InChI is InChI=1S/C15H23N3O/c1-12-5-4-6-14(11-12)17(3)15(19)13(2)18-9-7-16-8-10-18/h4-6,11,13,16H,7-10H2,1-3H3. The van der Waals surface area contributed by atoms with Crippen LogP contribution in [0.4, 0.5) is 5.69 Å². The number of hydrogen-bond donors (Lipinski definition) is 1. The summed E-state index contributed by atoms with van der Waals surface area (Å²) in [5.74, 6) is 0.160. The lowest BCUT2D eigenvalue weighted by Gasteiger charge is -2.34. The molecule has 1 aliphatic rings. The second-order valence-corrected chi connectivity index (χ2v) is 5.20. The third kappa shape index (κ3) is 3.33. The molecule has 1 N–H and O–H groups in total. The summed E-state index contributed by atoms with van der Waals surface area (Å²) < 4.78 is 0. The maximum absolute atomic E-state index is 12.5. The van der Waals surface area contributed by atoms with E-state index in [9.17, 15) is 4.79 Å². The van der Waals surface area contributed by atoms with Crippen molar-refractivity contribution in [1.29, 1.82) is 0 Å². The van der Waals surface area contributed by atoms with E-state index in [0.717, 1.165) is 31.9 Å². The van der Waals surface area contributed by atoms with Gasteiger partial charge in [0, 0.05) is 38.9 Å². The van der Waals surface area contributed by atoms with Crippen molar-refractivity contribution in [2.45, 2.75) is 19.9 Å². The molecule has 1 aromatic rings. The Kier molecular flexibility index (Phi) is 4.56. The summed E-state index contributed by atoms with van der Waals surface area (Å²) in [7, 11) is 1.86. The van der Waals surface area contributed by atoms with Crippen LogP contribution in [0.25, 0.3) is 0 Å². The van der Waals surface area contributed by atoms with Gasteiger partial charge in [-0.15, -0.1) is 0 Å². The average molecular weight is 261 g/mol. The Labute approximate surface area is 115 Å². The minimum atomic E-state index is -0.0624. The van der Waals surface area contributed by atoms with E-state index in [1.165, 1.54) is 5.56 Å². The largest absolute Gasteiger partial charge is 0.314 e. The molecule has 2 rings (SSSR count). The van der Waals surface area contributed by atoms with Gasteiger partial charge in [-0.3, -0.25) is 9.69 Å². The van der Waals surface area contributed by atoms with Crippen molar-refractivity contribution in [3.05, 3.63) is 29.8 Å². The van der Waals surface area contributed by atoms with Gasteiger partial charge in [0.1, 0.15) is 0 Å². The summed E-state index contributed by atoms with van der Waals surface area (Å²) in [6, 6.07) is 8.00. The first kappa shape index (κ1) is 14.0. The first-order valence-electron chi connectivity index (χ1n) is 6.88. The number of amides is 1. The zero-order valence-corrected chi connectivity index (χ0v) is 12.0. The van der Waals surface area contributed by atoms with Crippen LogP contribution in [-0.2, 0) is 4.79 Å². The summed E-state index contributed by atoms with van der Waals surface area (Å²) in [5, 5.41) is 3.31. The van der Waals surface area contributed by atoms with Gasteiger partial charge in [0.2, 0.25) is 5.91 Å². The predicted octanol–water partition coefficient (Wildman–Crippen LogP) is 1.25. The average Bonchev–Trinajstić information content (AvgIpc) is 2.46. The molecule has 0 bridgehead atoms. The van der Waals surface area contributed by atoms with Crippen LogP contribution >= 0.6 is 0 Å². The Hall–Kier alpha value is -1.39. The second kappa shape index (κ2) is 6.17. The minimum absolute atomic E-state index is 0.0624. The maximum atomic E-state index is 12.5. The van der Waals surface area contributed by atoms with Crippen LogP contribution in [0.15, 0.2) is 24.3 Å². The quantitative estimate of drug-likeness (QED) is 0.889. The molecule has 4 heteroatoms. The summed E-state index contributed by atoms with van der Waals surface area (Å²) in [6.45, 7) is 7.85. The molecule has 19 heavy (non-hydrogen) atoms. The topological polar surface area (TPSA) is 35.6 Å². The van der Waals surface area contributed by atoms with Crippen LogP contribution in [0.3, 0.4) is 0 Å². The van der Waals surface area contributed by atoms with Crippen molar-refractivity contribution < 1.29 is 4.79 Å². The molecule has 1 atom stereocenters. The molecular formula is C15H23N3O. The van der Waals surface area contributed by atoms with Crippen molar-refractivity contribution in [1.82, 2.24) is 10.2 Å². The number of hydrogen-bond acceptors (Lipinski definition) is 3. The van der Waals surface area contributed by atoms with Gasteiger partial charge in [-0.25, -0.2) is 0 Å². The number of carbonyl (C=O) groups is 1. The van der Waals surface area contributed by atoms with E-state index in [4.69, 9.17) is 0 Å². The molecule has 0 aliphatic carbocycles. The number of piperazine rings is 1. The van der Waals surface area contributed by atoms with Gasteiger partial charge in [-0.1, -0.05) is 12.1 Å². The highest BCUT2D eigenvalue weighted by Crippen LogP contribution is 2.16. The lowest BCUT2D eigenvalue weighted by molar-refractivity contribution is -0.123. The Balaban J connectivity index is 2.05. The molecule has 4 nitrogen and oxygen atoms in total. The third-order valence-corrected chi connectivity index (χ3v) is 3.78. The van der Waals surface area contributed by atoms with Crippen LogP contribution in [0, 0.1) is 6.92 Å². The molecule has 1 amide bonds. The van der Waals surface area contributed by atoms with Gasteiger partial charge in [0.05, 0.1) is 6.04 Å². The molecule has 1 fully saturated rings. The number of carbonyl (C=O) groups excluding carboxylic acids is 1. The van der Waals surface area contributed by atoms with Crippen LogP contribution < -0.4 is 10.2 Å². The summed E-state index contributed by atoms with van der Waals surface area (Å²) in [5.41, 5.74) is 2.14. The van der Waals surface area contributed by atoms with E-state index < -0.39 is 0 Å². The van der Waals surface area contributed by atoms with Crippen molar-refractivity contribution >= 4 is 11.6 Å². The maximum Gasteiger partial charge on any atom is 0.243 e. The van der Waals surface area contributed by atoms with Gasteiger partial charge in [-0.2, -0.15) is 0 Å². The van der Waals surface area contributed by atoms with Gasteiger partial charge in [0.15, 0.2) is 0 Å². The fourth-order valence-corrected chi connectivity index (χ4v) is 2.47. The van der Waals surface area contributed by atoms with E-state index in [1.54, 1.807) is 4.90 Å². The molecule has 0 radical (unpaired) electrons.